The van der Waals surface area contributed by atoms with Crippen molar-refractivity contribution in [2.75, 3.05) is 0 Å². The fraction of sp³-hybridized carbons (Fsp3) is 0.357. The van der Waals surface area contributed by atoms with Crippen LogP contribution >= 0.6 is 0 Å². The molecule has 1 amide bonds. The summed E-state index contributed by atoms with van der Waals surface area (Å²) in [7, 11) is 0. The third kappa shape index (κ3) is 3.63. The number of halogens is 3. The van der Waals surface area contributed by atoms with Crippen LogP contribution in [0.5, 0.6) is 0 Å². The van der Waals surface area contributed by atoms with E-state index in [4.69, 9.17) is 0 Å². The van der Waals surface area contributed by atoms with Gasteiger partial charge in [0.15, 0.2) is 0 Å². The van der Waals surface area contributed by atoms with E-state index in [1.54, 1.807) is 32.0 Å². The van der Waals surface area contributed by atoms with Crippen LogP contribution < -0.4 is 5.32 Å². The summed E-state index contributed by atoms with van der Waals surface area (Å²) in [5.74, 6) is -1.57. The van der Waals surface area contributed by atoms with Gasteiger partial charge >= 0.3 is 12.1 Å². The van der Waals surface area contributed by atoms with Gasteiger partial charge < -0.3 is 9.84 Å². The molecule has 0 radical (unpaired) electrons. The van der Waals surface area contributed by atoms with E-state index in [-0.39, 0.29) is 11.7 Å². The number of carbonyl (C=O) groups excluding carboxylic acids is 1. The minimum Gasteiger partial charge on any atom is -0.352 e. The standard InChI is InChI=1S/C14H14F3N3O2/c1-3-11(21)18-7-10-5-4-9(6-8(10)2)12-19-13(22-20-12)14(15,16)17/h4-6H,3,7H2,1-2H3,(H,18,21). The summed E-state index contributed by atoms with van der Waals surface area (Å²) in [6.07, 6.45) is -4.27. The van der Waals surface area contributed by atoms with Gasteiger partial charge in [-0.1, -0.05) is 24.2 Å². The molecule has 1 aromatic carbocycles. The lowest BCUT2D eigenvalue weighted by molar-refractivity contribution is -0.159. The van der Waals surface area contributed by atoms with E-state index in [1.165, 1.54) is 0 Å². The summed E-state index contributed by atoms with van der Waals surface area (Å²) in [6, 6.07) is 4.95. The van der Waals surface area contributed by atoms with Gasteiger partial charge in [0.1, 0.15) is 0 Å². The molecule has 1 heterocycles. The van der Waals surface area contributed by atoms with E-state index in [0.717, 1.165) is 11.1 Å². The maximum atomic E-state index is 12.4. The molecule has 0 spiro atoms. The van der Waals surface area contributed by atoms with Crippen LogP contribution in [0.1, 0.15) is 30.4 Å². The molecule has 0 aliphatic rings. The molecule has 0 aliphatic carbocycles. The molecule has 8 heteroatoms. The summed E-state index contributed by atoms with van der Waals surface area (Å²) in [5, 5.41) is 6.07. The molecule has 2 aromatic rings. The topological polar surface area (TPSA) is 68.0 Å². The van der Waals surface area contributed by atoms with E-state index >= 15 is 0 Å². The third-order valence-corrected chi connectivity index (χ3v) is 3.07. The fourth-order valence-corrected chi connectivity index (χ4v) is 1.81. The number of carbonyl (C=O) groups is 1. The quantitative estimate of drug-likeness (QED) is 0.942. The summed E-state index contributed by atoms with van der Waals surface area (Å²) >= 11 is 0. The van der Waals surface area contributed by atoms with Crippen molar-refractivity contribution in [2.24, 2.45) is 0 Å². The highest BCUT2D eigenvalue weighted by Crippen LogP contribution is 2.29. The first-order valence-corrected chi connectivity index (χ1v) is 6.58. The average molecular weight is 313 g/mol. The van der Waals surface area contributed by atoms with Crippen molar-refractivity contribution in [2.45, 2.75) is 33.0 Å². The molecular formula is C14H14F3N3O2. The number of rotatable bonds is 4. The normalized spacial score (nSPS) is 11.5. The SMILES string of the molecule is CCC(=O)NCc1ccc(-c2noc(C(F)(F)F)n2)cc1C. The van der Waals surface area contributed by atoms with Crippen molar-refractivity contribution < 1.29 is 22.5 Å². The molecular weight excluding hydrogens is 299 g/mol. The lowest BCUT2D eigenvalue weighted by Gasteiger charge is -2.08. The Morgan fingerprint density at radius 3 is 2.64 bits per heavy atom. The zero-order valence-corrected chi connectivity index (χ0v) is 12.0. The number of aryl methyl sites for hydroxylation is 1. The molecule has 5 nitrogen and oxygen atoms in total. The highest BCUT2D eigenvalue weighted by molar-refractivity contribution is 5.75. The van der Waals surface area contributed by atoms with Crippen LogP contribution in [0.2, 0.25) is 0 Å². The van der Waals surface area contributed by atoms with Gasteiger partial charge in [-0.25, -0.2) is 0 Å². The van der Waals surface area contributed by atoms with E-state index < -0.39 is 12.1 Å². The maximum Gasteiger partial charge on any atom is 0.471 e. The van der Waals surface area contributed by atoms with Gasteiger partial charge in [-0.3, -0.25) is 4.79 Å². The molecule has 1 aromatic heterocycles. The largest absolute Gasteiger partial charge is 0.471 e. The Morgan fingerprint density at radius 2 is 2.09 bits per heavy atom. The van der Waals surface area contributed by atoms with Crippen molar-refractivity contribution in [1.82, 2.24) is 15.5 Å². The lowest BCUT2D eigenvalue weighted by Crippen LogP contribution is -2.21. The molecule has 0 atom stereocenters. The predicted molar refractivity (Wildman–Crippen MR) is 71.6 cm³/mol. The van der Waals surface area contributed by atoms with Gasteiger partial charge in [0.05, 0.1) is 0 Å². The second-order valence-electron chi connectivity index (χ2n) is 4.69. The van der Waals surface area contributed by atoms with Crippen LogP contribution in [0, 0.1) is 6.92 Å². The van der Waals surface area contributed by atoms with Crippen LogP contribution in [-0.4, -0.2) is 16.0 Å². The molecule has 22 heavy (non-hydrogen) atoms. The highest BCUT2D eigenvalue weighted by atomic mass is 19.4. The molecule has 1 N–H and O–H groups in total. The lowest BCUT2D eigenvalue weighted by atomic mass is 10.0. The Morgan fingerprint density at radius 1 is 1.36 bits per heavy atom. The Labute approximate surface area is 124 Å². The first-order chi connectivity index (χ1) is 10.3. The van der Waals surface area contributed by atoms with Crippen molar-refractivity contribution in [3.8, 4) is 11.4 Å². The second kappa shape index (κ2) is 6.17. The van der Waals surface area contributed by atoms with Crippen molar-refractivity contribution in [3.05, 3.63) is 35.2 Å². The number of nitrogens with one attached hydrogen (secondary N) is 1. The van der Waals surface area contributed by atoms with Crippen molar-refractivity contribution in [1.29, 1.82) is 0 Å². The molecule has 0 unspecified atom stereocenters. The summed E-state index contributed by atoms with van der Waals surface area (Å²) < 4.78 is 41.5. The molecule has 0 bridgehead atoms. The number of nitrogens with zero attached hydrogens (tertiary/aromatic N) is 2. The van der Waals surface area contributed by atoms with Crippen LogP contribution in [0.3, 0.4) is 0 Å². The second-order valence-corrected chi connectivity index (χ2v) is 4.69. The Hall–Kier alpha value is -2.38. The fourth-order valence-electron chi connectivity index (χ4n) is 1.81. The number of hydrogen-bond acceptors (Lipinski definition) is 4. The van der Waals surface area contributed by atoms with Crippen LogP contribution in [0.25, 0.3) is 11.4 Å². The van der Waals surface area contributed by atoms with Crippen molar-refractivity contribution >= 4 is 5.91 Å². The van der Waals surface area contributed by atoms with E-state index in [0.29, 0.717) is 18.5 Å². The van der Waals surface area contributed by atoms with E-state index in [2.05, 4.69) is 20.0 Å². The van der Waals surface area contributed by atoms with Gasteiger partial charge in [0, 0.05) is 18.5 Å². The zero-order valence-electron chi connectivity index (χ0n) is 12.0. The number of benzene rings is 1. The van der Waals surface area contributed by atoms with Gasteiger partial charge in [0.2, 0.25) is 11.7 Å². The Bertz CT molecular complexity index is 680. The Balaban J connectivity index is 2.18. The monoisotopic (exact) mass is 313 g/mol. The zero-order chi connectivity index (χ0) is 16.3. The van der Waals surface area contributed by atoms with E-state index in [9.17, 15) is 18.0 Å². The first-order valence-electron chi connectivity index (χ1n) is 6.58. The molecule has 118 valence electrons. The van der Waals surface area contributed by atoms with Crippen LogP contribution in [-0.2, 0) is 17.5 Å². The first kappa shape index (κ1) is 16.0. The molecule has 0 saturated heterocycles. The van der Waals surface area contributed by atoms with Gasteiger partial charge in [-0.15, -0.1) is 0 Å². The molecule has 0 aliphatic heterocycles. The highest BCUT2D eigenvalue weighted by Gasteiger charge is 2.38. The molecule has 0 saturated carbocycles. The average Bonchev–Trinajstić information content (AvgIpc) is 2.95. The third-order valence-electron chi connectivity index (χ3n) is 3.07. The number of hydrogen-bond donors (Lipinski definition) is 1. The van der Waals surface area contributed by atoms with E-state index in [1.807, 2.05) is 0 Å². The van der Waals surface area contributed by atoms with Crippen LogP contribution in [0.4, 0.5) is 13.2 Å². The summed E-state index contributed by atoms with van der Waals surface area (Å²) in [5.41, 5.74) is 2.10. The smallest absolute Gasteiger partial charge is 0.352 e. The van der Waals surface area contributed by atoms with Crippen LogP contribution in [0.15, 0.2) is 22.7 Å². The number of amides is 1. The molecule has 2 rings (SSSR count). The maximum absolute atomic E-state index is 12.4. The number of aromatic nitrogens is 2. The van der Waals surface area contributed by atoms with Gasteiger partial charge in [-0.05, 0) is 24.1 Å². The van der Waals surface area contributed by atoms with Crippen molar-refractivity contribution in [3.63, 3.8) is 0 Å². The van der Waals surface area contributed by atoms with Gasteiger partial charge in [0.25, 0.3) is 0 Å². The predicted octanol–water partition coefficient (Wildman–Crippen LogP) is 3.09. The summed E-state index contributed by atoms with van der Waals surface area (Å²) in [6.45, 7) is 3.90. The van der Waals surface area contributed by atoms with Gasteiger partial charge in [-0.2, -0.15) is 18.2 Å². The summed E-state index contributed by atoms with van der Waals surface area (Å²) in [4.78, 5) is 14.6. The number of alkyl halides is 3. The molecule has 0 fully saturated rings. The minimum absolute atomic E-state index is 0.0727. The minimum atomic E-state index is -4.66. The Kier molecular flexibility index (Phi) is 4.48.